The number of pyridine rings is 1. The Kier molecular flexibility index (Phi) is 7.90. The SMILES string of the molecule is CNC(=O)c1ccnc2c([C@H](C)CNc3cc(-c4cnc(NC)nc4)ncn3)ccc(F)c12.S. The van der Waals surface area contributed by atoms with Crippen molar-refractivity contribution >= 4 is 42.1 Å². The number of carbonyl (C=O) groups excluding carboxylic acids is 1. The highest BCUT2D eigenvalue weighted by atomic mass is 32.1. The molecule has 1 atom stereocenters. The molecule has 11 heteroatoms. The highest BCUT2D eigenvalue weighted by Gasteiger charge is 2.18. The van der Waals surface area contributed by atoms with Gasteiger partial charge in [0.2, 0.25) is 5.95 Å². The second-order valence-corrected chi connectivity index (χ2v) is 7.41. The summed E-state index contributed by atoms with van der Waals surface area (Å²) in [4.78, 5) is 33.6. The lowest BCUT2D eigenvalue weighted by Crippen LogP contribution is -2.19. The molecule has 1 aromatic carbocycles. The summed E-state index contributed by atoms with van der Waals surface area (Å²) in [6, 6.07) is 6.41. The lowest BCUT2D eigenvalue weighted by Gasteiger charge is -2.17. The molecule has 34 heavy (non-hydrogen) atoms. The first-order chi connectivity index (χ1) is 16.0. The van der Waals surface area contributed by atoms with Crippen LogP contribution in [0.4, 0.5) is 16.2 Å². The van der Waals surface area contributed by atoms with Gasteiger partial charge >= 0.3 is 0 Å². The predicted octanol–water partition coefficient (Wildman–Crippen LogP) is 3.35. The molecule has 0 unspecified atom stereocenters. The average Bonchev–Trinajstić information content (AvgIpc) is 2.87. The minimum absolute atomic E-state index is 0. The fraction of sp³-hybridized carbons (Fsp3) is 0.217. The molecule has 0 fully saturated rings. The van der Waals surface area contributed by atoms with Crippen molar-refractivity contribution in [2.75, 3.05) is 31.3 Å². The van der Waals surface area contributed by atoms with Gasteiger partial charge in [-0.1, -0.05) is 13.0 Å². The molecule has 0 spiro atoms. The number of halogens is 1. The first-order valence-corrected chi connectivity index (χ1v) is 10.4. The summed E-state index contributed by atoms with van der Waals surface area (Å²) >= 11 is 0. The van der Waals surface area contributed by atoms with E-state index in [1.165, 1.54) is 31.7 Å². The average molecular weight is 481 g/mol. The molecule has 4 aromatic rings. The van der Waals surface area contributed by atoms with Crippen LogP contribution in [0.2, 0.25) is 0 Å². The minimum Gasteiger partial charge on any atom is -0.369 e. The third kappa shape index (κ3) is 5.04. The van der Waals surface area contributed by atoms with E-state index in [-0.39, 0.29) is 36.3 Å². The smallest absolute Gasteiger partial charge is 0.251 e. The molecule has 4 rings (SSSR count). The van der Waals surface area contributed by atoms with E-state index in [4.69, 9.17) is 0 Å². The molecule has 3 heterocycles. The van der Waals surface area contributed by atoms with E-state index in [1.807, 2.05) is 13.0 Å². The van der Waals surface area contributed by atoms with Gasteiger partial charge in [-0.2, -0.15) is 13.5 Å². The van der Waals surface area contributed by atoms with E-state index >= 15 is 0 Å². The first-order valence-electron chi connectivity index (χ1n) is 10.4. The first kappa shape index (κ1) is 24.8. The number of anilines is 2. The Morgan fingerprint density at radius 3 is 2.53 bits per heavy atom. The van der Waals surface area contributed by atoms with Crippen LogP contribution in [0, 0.1) is 5.82 Å². The molecule has 0 bridgehead atoms. The lowest BCUT2D eigenvalue weighted by molar-refractivity contribution is 0.0964. The Balaban J connectivity index is 0.00000324. The number of nitrogens with zero attached hydrogens (tertiary/aromatic N) is 5. The summed E-state index contributed by atoms with van der Waals surface area (Å²) in [5.74, 6) is 0.281. The van der Waals surface area contributed by atoms with Crippen molar-refractivity contribution in [1.82, 2.24) is 30.2 Å². The summed E-state index contributed by atoms with van der Waals surface area (Å²) in [5, 5.41) is 8.94. The number of fused-ring (bicyclic) bond motifs is 1. The van der Waals surface area contributed by atoms with Gasteiger partial charge in [0.15, 0.2) is 0 Å². The maximum absolute atomic E-state index is 14.6. The van der Waals surface area contributed by atoms with Crippen LogP contribution < -0.4 is 16.0 Å². The Morgan fingerprint density at radius 2 is 1.82 bits per heavy atom. The van der Waals surface area contributed by atoms with E-state index in [0.29, 0.717) is 29.5 Å². The van der Waals surface area contributed by atoms with Gasteiger partial charge in [0.05, 0.1) is 16.8 Å². The number of carbonyl (C=O) groups is 1. The number of hydrogen-bond acceptors (Lipinski definition) is 8. The Hall–Kier alpha value is -3.86. The fourth-order valence-electron chi connectivity index (χ4n) is 3.54. The second-order valence-electron chi connectivity index (χ2n) is 7.41. The van der Waals surface area contributed by atoms with Crippen molar-refractivity contribution in [3.8, 4) is 11.3 Å². The van der Waals surface area contributed by atoms with Crippen molar-refractivity contribution < 1.29 is 9.18 Å². The van der Waals surface area contributed by atoms with Gasteiger partial charge in [0, 0.05) is 62.2 Å². The number of amides is 1. The monoisotopic (exact) mass is 480 g/mol. The van der Waals surface area contributed by atoms with Crippen LogP contribution in [0.1, 0.15) is 28.8 Å². The van der Waals surface area contributed by atoms with Crippen LogP contribution in [0.5, 0.6) is 0 Å². The quantitative estimate of drug-likeness (QED) is 0.369. The molecular weight excluding hydrogens is 455 g/mol. The van der Waals surface area contributed by atoms with E-state index in [2.05, 4.69) is 40.9 Å². The van der Waals surface area contributed by atoms with Crippen molar-refractivity contribution in [2.45, 2.75) is 12.8 Å². The maximum atomic E-state index is 14.6. The maximum Gasteiger partial charge on any atom is 0.251 e. The molecule has 0 saturated heterocycles. The molecule has 0 aliphatic carbocycles. The van der Waals surface area contributed by atoms with Gasteiger partial charge in [-0.05, 0) is 17.7 Å². The summed E-state index contributed by atoms with van der Waals surface area (Å²) in [6.45, 7) is 2.51. The molecule has 0 aliphatic rings. The molecule has 0 radical (unpaired) electrons. The summed E-state index contributed by atoms with van der Waals surface area (Å²) in [5.41, 5.74) is 3.01. The summed E-state index contributed by atoms with van der Waals surface area (Å²) in [6.07, 6.45) is 6.37. The Labute approximate surface area is 203 Å². The summed E-state index contributed by atoms with van der Waals surface area (Å²) in [7, 11) is 3.27. The second kappa shape index (κ2) is 10.8. The normalized spacial score (nSPS) is 11.4. The largest absolute Gasteiger partial charge is 0.369 e. The molecule has 0 saturated carbocycles. The zero-order valence-corrected chi connectivity index (χ0v) is 19.9. The van der Waals surface area contributed by atoms with E-state index < -0.39 is 5.82 Å². The number of benzene rings is 1. The topological polar surface area (TPSA) is 118 Å². The zero-order valence-electron chi connectivity index (χ0n) is 18.9. The molecule has 1 amide bonds. The number of aromatic nitrogens is 5. The van der Waals surface area contributed by atoms with E-state index in [1.54, 1.807) is 25.5 Å². The van der Waals surface area contributed by atoms with Crippen molar-refractivity contribution in [3.63, 3.8) is 0 Å². The van der Waals surface area contributed by atoms with E-state index in [9.17, 15) is 9.18 Å². The Morgan fingerprint density at radius 1 is 1.06 bits per heavy atom. The molecule has 3 aromatic heterocycles. The molecule has 0 aliphatic heterocycles. The molecule has 176 valence electrons. The molecular formula is C23H25FN8OS. The highest BCUT2D eigenvalue weighted by molar-refractivity contribution is 7.59. The van der Waals surface area contributed by atoms with Crippen LogP contribution >= 0.6 is 13.5 Å². The van der Waals surface area contributed by atoms with Crippen molar-refractivity contribution in [1.29, 1.82) is 0 Å². The third-order valence-electron chi connectivity index (χ3n) is 5.30. The van der Waals surface area contributed by atoms with Gasteiger partial charge in [-0.15, -0.1) is 0 Å². The van der Waals surface area contributed by atoms with Gasteiger partial charge in [-0.25, -0.2) is 24.3 Å². The highest BCUT2D eigenvalue weighted by Crippen LogP contribution is 2.29. The Bertz CT molecular complexity index is 1300. The van der Waals surface area contributed by atoms with Crippen molar-refractivity contribution in [2.24, 2.45) is 0 Å². The van der Waals surface area contributed by atoms with Gasteiger partial charge in [0.25, 0.3) is 5.91 Å². The number of nitrogens with one attached hydrogen (secondary N) is 3. The van der Waals surface area contributed by atoms with Gasteiger partial charge < -0.3 is 16.0 Å². The zero-order chi connectivity index (χ0) is 23.4. The van der Waals surface area contributed by atoms with Crippen LogP contribution in [0.25, 0.3) is 22.2 Å². The van der Waals surface area contributed by atoms with Gasteiger partial charge in [-0.3, -0.25) is 9.78 Å². The number of rotatable bonds is 7. The van der Waals surface area contributed by atoms with Crippen LogP contribution in [0.3, 0.4) is 0 Å². The fourth-order valence-corrected chi connectivity index (χ4v) is 3.54. The predicted molar refractivity (Wildman–Crippen MR) is 135 cm³/mol. The number of hydrogen-bond donors (Lipinski definition) is 3. The van der Waals surface area contributed by atoms with Crippen LogP contribution in [-0.4, -0.2) is 51.5 Å². The van der Waals surface area contributed by atoms with E-state index in [0.717, 1.165) is 11.1 Å². The van der Waals surface area contributed by atoms with Crippen molar-refractivity contribution in [3.05, 3.63) is 66.1 Å². The third-order valence-corrected chi connectivity index (χ3v) is 5.30. The van der Waals surface area contributed by atoms with Crippen LogP contribution in [-0.2, 0) is 0 Å². The molecule has 3 N–H and O–H groups in total. The lowest BCUT2D eigenvalue weighted by atomic mass is 9.95. The van der Waals surface area contributed by atoms with Crippen LogP contribution in [0.15, 0.2) is 49.2 Å². The minimum atomic E-state index is -0.479. The molecule has 9 nitrogen and oxygen atoms in total. The van der Waals surface area contributed by atoms with Gasteiger partial charge in [0.1, 0.15) is 18.0 Å². The summed E-state index contributed by atoms with van der Waals surface area (Å²) < 4.78 is 14.6. The standard InChI is InChI=1S/C23H23FN8O.H2S/c1-13(15-4-5-17(24)20-16(22(33)25-2)6-7-27-21(15)20)9-28-19-8-18(31-12-32-19)14-10-29-23(26-3)30-11-14;/h4-8,10-13H,9H2,1-3H3,(H,25,33)(H,26,29,30)(H,28,31,32);1H2/t13-;/m1./s1.